The highest BCUT2D eigenvalue weighted by Crippen LogP contribution is 2.50. The molecule has 1 aromatic carbocycles. The molecule has 0 unspecified atom stereocenters. The molecule has 1 spiro atoms. The predicted octanol–water partition coefficient (Wildman–Crippen LogP) is 3.06. The number of hydrogen-bond donors (Lipinski definition) is 0. The maximum absolute atomic E-state index is 11.8. The summed E-state index contributed by atoms with van der Waals surface area (Å²) in [6, 6.07) is 5.95. The third-order valence-electron chi connectivity index (χ3n) is 3.81. The Morgan fingerprint density at radius 1 is 1.42 bits per heavy atom. The Kier molecular flexibility index (Phi) is 3.54. The first-order valence-corrected chi connectivity index (χ1v) is 7.61. The van der Waals surface area contributed by atoms with Crippen LogP contribution in [0.4, 0.5) is 0 Å². The van der Waals surface area contributed by atoms with Crippen molar-refractivity contribution >= 4 is 17.7 Å². The van der Waals surface area contributed by atoms with Gasteiger partial charge in [-0.3, -0.25) is 0 Å². The van der Waals surface area contributed by atoms with Crippen molar-refractivity contribution in [2.45, 2.75) is 35.8 Å². The van der Waals surface area contributed by atoms with Crippen LogP contribution < -0.4 is 0 Å². The zero-order valence-corrected chi connectivity index (χ0v) is 11.9. The van der Waals surface area contributed by atoms with Crippen LogP contribution in [-0.4, -0.2) is 30.5 Å². The number of esters is 1. The van der Waals surface area contributed by atoms with Crippen LogP contribution in [-0.2, 0) is 15.9 Å². The fourth-order valence-electron chi connectivity index (χ4n) is 2.80. The topological polar surface area (TPSA) is 35.5 Å². The van der Waals surface area contributed by atoms with Gasteiger partial charge in [-0.2, -0.15) is 0 Å². The number of benzene rings is 1. The molecule has 0 radical (unpaired) electrons. The molecule has 1 fully saturated rings. The molecule has 0 N–H and O–H groups in total. The Hall–Kier alpha value is -1.00. The molecule has 1 saturated heterocycles. The molecule has 2 heterocycles. The van der Waals surface area contributed by atoms with E-state index in [0.29, 0.717) is 16.9 Å². The fourth-order valence-corrected chi connectivity index (χ4v) is 4.26. The van der Waals surface area contributed by atoms with E-state index in [-0.39, 0.29) is 5.97 Å². The van der Waals surface area contributed by atoms with E-state index in [1.165, 1.54) is 10.5 Å². The lowest BCUT2D eigenvalue weighted by Gasteiger charge is -2.32. The summed E-state index contributed by atoms with van der Waals surface area (Å²) in [5, 5.41) is 0. The van der Waals surface area contributed by atoms with E-state index < -0.39 is 0 Å². The van der Waals surface area contributed by atoms with Crippen LogP contribution in [0.1, 0.15) is 35.7 Å². The van der Waals surface area contributed by atoms with E-state index in [9.17, 15) is 4.79 Å². The molecule has 0 aliphatic carbocycles. The third-order valence-corrected chi connectivity index (χ3v) is 5.42. The second-order valence-corrected chi connectivity index (χ2v) is 6.63. The second kappa shape index (κ2) is 5.17. The monoisotopic (exact) mass is 278 g/mol. The van der Waals surface area contributed by atoms with Gasteiger partial charge in [-0.05, 0) is 49.9 Å². The smallest absolute Gasteiger partial charge is 0.338 e. The van der Waals surface area contributed by atoms with E-state index >= 15 is 0 Å². The van der Waals surface area contributed by atoms with Crippen molar-refractivity contribution in [1.82, 2.24) is 0 Å². The summed E-state index contributed by atoms with van der Waals surface area (Å²) in [6.45, 7) is 3.96. The van der Waals surface area contributed by atoms with Crippen LogP contribution in [0.15, 0.2) is 23.1 Å². The summed E-state index contributed by atoms with van der Waals surface area (Å²) in [6.07, 6.45) is 3.24. The molecule has 2 aliphatic heterocycles. The molecular formula is C15H18O3S. The van der Waals surface area contributed by atoms with E-state index in [1.54, 1.807) is 0 Å². The average Bonchev–Trinajstić information content (AvgIpc) is 2.76. The van der Waals surface area contributed by atoms with Gasteiger partial charge in [0.25, 0.3) is 0 Å². The lowest BCUT2D eigenvalue weighted by molar-refractivity contribution is 0.0526. The quantitative estimate of drug-likeness (QED) is 0.779. The highest BCUT2D eigenvalue weighted by atomic mass is 32.2. The number of carbonyl (C=O) groups is 1. The predicted molar refractivity (Wildman–Crippen MR) is 74.7 cm³/mol. The SMILES string of the molecule is CCOC(=O)c1ccc2c(c1)CC1(CCOCC1)S2. The zero-order valence-electron chi connectivity index (χ0n) is 11.1. The Bertz CT molecular complexity index is 492. The van der Waals surface area contributed by atoms with Gasteiger partial charge >= 0.3 is 5.97 Å². The summed E-state index contributed by atoms with van der Waals surface area (Å²) < 4.78 is 10.8. The fraction of sp³-hybridized carbons (Fsp3) is 0.533. The van der Waals surface area contributed by atoms with Gasteiger partial charge in [0.15, 0.2) is 0 Å². The first-order chi connectivity index (χ1) is 9.22. The Balaban J connectivity index is 1.81. The molecule has 0 bridgehead atoms. The Morgan fingerprint density at radius 2 is 2.21 bits per heavy atom. The number of thioether (sulfide) groups is 1. The van der Waals surface area contributed by atoms with Crippen molar-refractivity contribution in [3.63, 3.8) is 0 Å². The van der Waals surface area contributed by atoms with Crippen LogP contribution >= 0.6 is 11.8 Å². The largest absolute Gasteiger partial charge is 0.462 e. The third kappa shape index (κ3) is 2.51. The molecule has 3 nitrogen and oxygen atoms in total. The summed E-state index contributed by atoms with van der Waals surface area (Å²) in [7, 11) is 0. The zero-order chi connectivity index (χ0) is 13.3. The standard InChI is InChI=1S/C15H18O3S/c1-2-18-14(16)11-3-4-13-12(9-11)10-15(19-13)5-7-17-8-6-15/h3-4,9H,2,5-8,10H2,1H3. The van der Waals surface area contributed by atoms with Gasteiger partial charge in [0, 0.05) is 22.9 Å². The summed E-state index contributed by atoms with van der Waals surface area (Å²) in [5.74, 6) is -0.219. The number of fused-ring (bicyclic) bond motifs is 1. The van der Waals surface area contributed by atoms with Gasteiger partial charge < -0.3 is 9.47 Å². The van der Waals surface area contributed by atoms with Crippen LogP contribution in [0, 0.1) is 0 Å². The summed E-state index contributed by atoms with van der Waals surface area (Å²) in [4.78, 5) is 13.1. The molecule has 102 valence electrons. The van der Waals surface area contributed by atoms with Crippen molar-refractivity contribution in [3.8, 4) is 0 Å². The van der Waals surface area contributed by atoms with Crippen LogP contribution in [0.5, 0.6) is 0 Å². The van der Waals surface area contributed by atoms with Crippen molar-refractivity contribution in [2.24, 2.45) is 0 Å². The van der Waals surface area contributed by atoms with Crippen molar-refractivity contribution in [3.05, 3.63) is 29.3 Å². The maximum Gasteiger partial charge on any atom is 0.338 e. The van der Waals surface area contributed by atoms with E-state index in [4.69, 9.17) is 9.47 Å². The van der Waals surface area contributed by atoms with Crippen molar-refractivity contribution < 1.29 is 14.3 Å². The number of hydrogen-bond acceptors (Lipinski definition) is 4. The molecule has 3 rings (SSSR count). The summed E-state index contributed by atoms with van der Waals surface area (Å²) >= 11 is 1.96. The van der Waals surface area contributed by atoms with E-state index in [2.05, 4.69) is 6.07 Å². The first kappa shape index (κ1) is 13.0. The molecule has 4 heteroatoms. The molecule has 2 aliphatic rings. The van der Waals surface area contributed by atoms with Gasteiger partial charge in [0.05, 0.1) is 12.2 Å². The van der Waals surface area contributed by atoms with Gasteiger partial charge in [0.1, 0.15) is 0 Å². The average molecular weight is 278 g/mol. The number of rotatable bonds is 2. The highest BCUT2D eigenvalue weighted by Gasteiger charge is 2.39. The van der Waals surface area contributed by atoms with E-state index in [1.807, 2.05) is 30.8 Å². The second-order valence-electron chi connectivity index (χ2n) is 5.12. The normalized spacial score (nSPS) is 20.3. The highest BCUT2D eigenvalue weighted by molar-refractivity contribution is 8.01. The first-order valence-electron chi connectivity index (χ1n) is 6.79. The Labute approximate surface area is 117 Å². The molecule has 0 saturated carbocycles. The summed E-state index contributed by atoms with van der Waals surface area (Å²) in [5.41, 5.74) is 1.96. The van der Waals surface area contributed by atoms with Gasteiger partial charge in [0.2, 0.25) is 0 Å². The minimum atomic E-state index is -0.219. The lowest BCUT2D eigenvalue weighted by atomic mass is 9.91. The molecule has 1 aromatic rings. The van der Waals surface area contributed by atoms with Crippen LogP contribution in [0.2, 0.25) is 0 Å². The van der Waals surface area contributed by atoms with Gasteiger partial charge in [-0.15, -0.1) is 11.8 Å². The van der Waals surface area contributed by atoms with Gasteiger partial charge in [-0.1, -0.05) is 0 Å². The maximum atomic E-state index is 11.8. The van der Waals surface area contributed by atoms with Crippen LogP contribution in [0.25, 0.3) is 0 Å². The van der Waals surface area contributed by atoms with E-state index in [0.717, 1.165) is 32.5 Å². The molecule has 0 amide bonds. The van der Waals surface area contributed by atoms with Gasteiger partial charge in [-0.25, -0.2) is 4.79 Å². The minimum absolute atomic E-state index is 0.219. The molecule has 19 heavy (non-hydrogen) atoms. The van der Waals surface area contributed by atoms with Crippen molar-refractivity contribution in [1.29, 1.82) is 0 Å². The molecular weight excluding hydrogens is 260 g/mol. The number of carbonyl (C=O) groups excluding carboxylic acids is 1. The number of ether oxygens (including phenoxy) is 2. The van der Waals surface area contributed by atoms with Crippen LogP contribution in [0.3, 0.4) is 0 Å². The molecule has 0 atom stereocenters. The van der Waals surface area contributed by atoms with Crippen molar-refractivity contribution in [2.75, 3.05) is 19.8 Å². The minimum Gasteiger partial charge on any atom is -0.462 e. The molecule has 0 aromatic heterocycles. The lowest BCUT2D eigenvalue weighted by Crippen LogP contribution is -2.32. The Morgan fingerprint density at radius 3 is 2.95 bits per heavy atom.